The number of rotatable bonds is 0. The van der Waals surface area contributed by atoms with Crippen LogP contribution in [-0.4, -0.2) is 34.2 Å². The van der Waals surface area contributed by atoms with E-state index in [2.05, 4.69) is 16.4 Å². The van der Waals surface area contributed by atoms with Gasteiger partial charge in [-0.1, -0.05) is 0 Å². The fourth-order valence-corrected chi connectivity index (χ4v) is 0. The van der Waals surface area contributed by atoms with Gasteiger partial charge < -0.3 is 0 Å². The van der Waals surface area contributed by atoms with Crippen molar-refractivity contribution in [2.45, 2.75) is 16.4 Å². The van der Waals surface area contributed by atoms with E-state index in [0.717, 1.165) is 0 Å². The monoisotopic (exact) mass is 192 g/mol. The molecule has 0 bridgehead atoms. The molecule has 0 rings (SSSR count). The molecule has 0 heterocycles. The van der Waals surface area contributed by atoms with Crippen LogP contribution in [0.15, 0.2) is 0 Å². The second kappa shape index (κ2) is 5.19. The molecule has 0 aromatic carbocycles. The maximum absolute atomic E-state index is 2.35. The first-order valence-corrected chi connectivity index (χ1v) is 9.00. The third kappa shape index (κ3) is 37.1. The van der Waals surface area contributed by atoms with Crippen LogP contribution in [-0.2, 0) is 0 Å². The minimum atomic E-state index is -0.479. The van der Waals surface area contributed by atoms with E-state index in [1.807, 2.05) is 0 Å². The Kier molecular flexibility index (Phi) is 9.87. The molecular formula is C3H12AsGa. The summed E-state index contributed by atoms with van der Waals surface area (Å²) < 4.78 is 0. The van der Waals surface area contributed by atoms with Gasteiger partial charge in [-0.25, -0.2) is 0 Å². The van der Waals surface area contributed by atoms with E-state index >= 15 is 0 Å². The molecule has 0 saturated heterocycles. The Morgan fingerprint density at radius 1 is 1.00 bits per heavy atom. The topological polar surface area (TPSA) is 0 Å². The van der Waals surface area contributed by atoms with Crippen LogP contribution in [0.2, 0.25) is 16.4 Å². The third-order valence-electron chi connectivity index (χ3n) is 0. The van der Waals surface area contributed by atoms with Crippen LogP contribution >= 0.6 is 0 Å². The number of hydrogen-bond donors (Lipinski definition) is 0. The molecule has 0 spiro atoms. The van der Waals surface area contributed by atoms with Crippen molar-refractivity contribution in [3.63, 3.8) is 0 Å². The zero-order valence-electron chi connectivity index (χ0n) is 4.28. The molecule has 5 heavy (non-hydrogen) atoms. The summed E-state index contributed by atoms with van der Waals surface area (Å²) in [4.78, 5) is 0. The van der Waals surface area contributed by atoms with Gasteiger partial charge in [-0.05, 0) is 0 Å². The van der Waals surface area contributed by atoms with Gasteiger partial charge in [0.05, 0.1) is 0 Å². The van der Waals surface area contributed by atoms with E-state index in [1.165, 1.54) is 0 Å². The molecule has 0 saturated carbocycles. The Labute approximate surface area is 50.7 Å². The molecule has 0 aliphatic heterocycles. The zero-order valence-corrected chi connectivity index (χ0v) is 9.67. The van der Waals surface area contributed by atoms with Crippen LogP contribution in [0.3, 0.4) is 0 Å². The van der Waals surface area contributed by atoms with Gasteiger partial charge in [0.15, 0.2) is 0 Å². The van der Waals surface area contributed by atoms with Crippen LogP contribution in [0.4, 0.5) is 0 Å². The second-order valence-electron chi connectivity index (χ2n) is 1.73. The van der Waals surface area contributed by atoms with Crippen molar-refractivity contribution in [2.24, 2.45) is 0 Å². The molecule has 1 unspecified atom stereocenters. The van der Waals surface area contributed by atoms with Crippen molar-refractivity contribution >= 4 is 34.2 Å². The van der Waals surface area contributed by atoms with Crippen LogP contribution in [0.1, 0.15) is 0 Å². The van der Waals surface area contributed by atoms with Gasteiger partial charge in [0.25, 0.3) is 0 Å². The molecule has 0 fully saturated rings. The van der Waals surface area contributed by atoms with Crippen molar-refractivity contribution in [3.05, 3.63) is 0 Å². The molecule has 0 aromatic heterocycles. The third-order valence-corrected chi connectivity index (χ3v) is 0. The van der Waals surface area contributed by atoms with Crippen LogP contribution in [0, 0.1) is 0 Å². The first-order valence-electron chi connectivity index (χ1n) is 1.73. The first kappa shape index (κ1) is 9.50. The summed E-state index contributed by atoms with van der Waals surface area (Å²) in [5, 5.41) is 0. The van der Waals surface area contributed by atoms with Crippen molar-refractivity contribution in [2.75, 3.05) is 0 Å². The maximum atomic E-state index is 2.35. The molecule has 2 heteroatoms. The summed E-state index contributed by atoms with van der Waals surface area (Å²) in [7, 11) is 0. The summed E-state index contributed by atoms with van der Waals surface area (Å²) >= 11 is -0.479. The van der Waals surface area contributed by atoms with E-state index in [-0.39, 0.29) is 18.0 Å². The Bertz CT molecular complexity index is 11.6. The Balaban J connectivity index is 0. The van der Waals surface area contributed by atoms with Gasteiger partial charge in [0.2, 0.25) is 0 Å². The Morgan fingerprint density at radius 3 is 1.00 bits per heavy atom. The minimum absolute atomic E-state index is 0. The van der Waals surface area contributed by atoms with Crippen molar-refractivity contribution in [1.29, 1.82) is 0 Å². The SMILES string of the molecule is [AsH3].[CH3][Ga]([CH3])[CH3]. The summed E-state index contributed by atoms with van der Waals surface area (Å²) in [5.41, 5.74) is 7.06. The average molecular weight is 193 g/mol. The van der Waals surface area contributed by atoms with E-state index < -0.39 is 16.2 Å². The quantitative estimate of drug-likeness (QED) is 0.481. The molecule has 0 aromatic rings. The zero-order chi connectivity index (χ0) is 3.58. The fourth-order valence-electron chi connectivity index (χ4n) is 0. The molecular weight excluding hydrogens is 181 g/mol. The summed E-state index contributed by atoms with van der Waals surface area (Å²) in [6.07, 6.45) is 0. The van der Waals surface area contributed by atoms with Crippen molar-refractivity contribution in [1.82, 2.24) is 0 Å². The molecule has 0 N–H and O–H groups in total. The van der Waals surface area contributed by atoms with Crippen LogP contribution < -0.4 is 0 Å². The molecule has 0 aliphatic carbocycles. The van der Waals surface area contributed by atoms with Gasteiger partial charge in [-0.2, -0.15) is 0 Å². The van der Waals surface area contributed by atoms with Crippen molar-refractivity contribution in [3.8, 4) is 0 Å². The molecule has 0 nitrogen and oxygen atoms in total. The van der Waals surface area contributed by atoms with Crippen LogP contribution in [0.25, 0.3) is 0 Å². The first-order chi connectivity index (χ1) is 1.73. The predicted octanol–water partition coefficient (Wildman–Crippen LogP) is 0.187. The van der Waals surface area contributed by atoms with E-state index in [0.29, 0.717) is 0 Å². The van der Waals surface area contributed by atoms with E-state index in [1.54, 1.807) is 0 Å². The summed E-state index contributed by atoms with van der Waals surface area (Å²) in [5.74, 6) is 0. The molecule has 0 amide bonds. The standard InChI is InChI=1S/3CH3.AsH3.Ga/h4*1H3;. The second-order valence-corrected chi connectivity index (χ2v) is 9.00. The predicted molar refractivity (Wildman–Crippen MR) is 33.3 cm³/mol. The van der Waals surface area contributed by atoms with Gasteiger partial charge in [-0.15, -0.1) is 0 Å². The van der Waals surface area contributed by atoms with Gasteiger partial charge in [0, 0.05) is 0 Å². The molecule has 32 valence electrons. The summed E-state index contributed by atoms with van der Waals surface area (Å²) in [6, 6.07) is 0. The van der Waals surface area contributed by atoms with E-state index in [9.17, 15) is 0 Å². The summed E-state index contributed by atoms with van der Waals surface area (Å²) in [6.45, 7) is 0. The normalized spacial score (nSPS) is 5.40. The van der Waals surface area contributed by atoms with Gasteiger partial charge in [0.1, 0.15) is 0 Å². The van der Waals surface area contributed by atoms with E-state index in [4.69, 9.17) is 0 Å². The van der Waals surface area contributed by atoms with Crippen molar-refractivity contribution < 1.29 is 0 Å². The molecule has 0 aliphatic rings. The fraction of sp³-hybridized carbons (Fsp3) is 1.00. The van der Waals surface area contributed by atoms with Gasteiger partial charge >= 0.3 is 50.6 Å². The Morgan fingerprint density at radius 2 is 1.00 bits per heavy atom. The number of hydrogen-bond acceptors (Lipinski definition) is 0. The Hall–Kier alpha value is 1.19. The molecule has 0 radical (unpaired) electrons. The molecule has 1 atom stereocenters. The average Bonchev–Trinajstić information content (AvgIpc) is 0.811. The van der Waals surface area contributed by atoms with Crippen LogP contribution in [0.5, 0.6) is 0 Å². The van der Waals surface area contributed by atoms with Gasteiger partial charge in [-0.3, -0.25) is 0 Å².